The minimum absolute atomic E-state index is 0.477. The second-order valence-electron chi connectivity index (χ2n) is 5.61. The van der Waals surface area contributed by atoms with E-state index in [0.717, 1.165) is 33.5 Å². The van der Waals surface area contributed by atoms with Crippen molar-refractivity contribution in [3.05, 3.63) is 65.5 Å². The Labute approximate surface area is 149 Å². The molecule has 0 radical (unpaired) electrons. The summed E-state index contributed by atoms with van der Waals surface area (Å²) in [5.74, 6) is 1.08. The molecule has 25 heavy (non-hydrogen) atoms. The molecule has 0 N–H and O–H groups in total. The van der Waals surface area contributed by atoms with Crippen molar-refractivity contribution < 1.29 is 9.15 Å². The van der Waals surface area contributed by atoms with Crippen LogP contribution in [-0.2, 0) is 0 Å². The van der Waals surface area contributed by atoms with Crippen LogP contribution in [-0.4, -0.2) is 15.0 Å². The van der Waals surface area contributed by atoms with Gasteiger partial charge in [0.2, 0.25) is 5.88 Å². The van der Waals surface area contributed by atoms with E-state index < -0.39 is 0 Å². The van der Waals surface area contributed by atoms with Crippen molar-refractivity contribution in [3.8, 4) is 22.8 Å². The molecule has 3 aromatic heterocycles. The summed E-state index contributed by atoms with van der Waals surface area (Å²) in [5, 5.41) is 1.38. The number of pyridine rings is 1. The van der Waals surface area contributed by atoms with E-state index in [2.05, 4.69) is 15.0 Å². The number of ether oxygens (including phenoxy) is 1. The van der Waals surface area contributed by atoms with E-state index in [1.807, 2.05) is 32.0 Å². The van der Waals surface area contributed by atoms with Crippen LogP contribution in [0.4, 0.5) is 0 Å². The molecule has 0 spiro atoms. The Bertz CT molecular complexity index is 1060. The van der Waals surface area contributed by atoms with Gasteiger partial charge in [-0.2, -0.15) is 0 Å². The number of hydrogen-bond acceptors (Lipinski definition) is 5. The molecule has 0 fully saturated rings. The van der Waals surface area contributed by atoms with Crippen LogP contribution in [0.1, 0.15) is 11.4 Å². The van der Waals surface area contributed by atoms with Crippen LogP contribution < -0.4 is 4.74 Å². The SMILES string of the molecule is Cc1ncnc(C)c1-c1ccc(Oc2nccc3occc23)cc1Cl. The molecule has 0 amide bonds. The summed E-state index contributed by atoms with van der Waals surface area (Å²) in [4.78, 5) is 12.8. The Morgan fingerprint density at radius 2 is 1.80 bits per heavy atom. The molecule has 3 heterocycles. The third-order valence-electron chi connectivity index (χ3n) is 3.99. The maximum absolute atomic E-state index is 6.50. The van der Waals surface area contributed by atoms with Crippen LogP contribution in [0, 0.1) is 13.8 Å². The molecule has 6 heteroatoms. The van der Waals surface area contributed by atoms with Gasteiger partial charge in [0.05, 0.1) is 16.7 Å². The van der Waals surface area contributed by atoms with Crippen LogP contribution in [0.15, 0.2) is 53.5 Å². The molecule has 4 rings (SSSR count). The average Bonchev–Trinajstić information content (AvgIpc) is 3.06. The van der Waals surface area contributed by atoms with Crippen LogP contribution in [0.3, 0.4) is 0 Å². The Balaban J connectivity index is 1.72. The second-order valence-corrected chi connectivity index (χ2v) is 6.02. The predicted molar refractivity (Wildman–Crippen MR) is 96.0 cm³/mol. The van der Waals surface area contributed by atoms with E-state index in [4.69, 9.17) is 20.8 Å². The van der Waals surface area contributed by atoms with E-state index >= 15 is 0 Å². The zero-order valence-electron chi connectivity index (χ0n) is 13.7. The van der Waals surface area contributed by atoms with Crippen molar-refractivity contribution in [3.63, 3.8) is 0 Å². The molecule has 124 valence electrons. The zero-order chi connectivity index (χ0) is 17.4. The lowest BCUT2D eigenvalue weighted by Gasteiger charge is -2.12. The highest BCUT2D eigenvalue weighted by Crippen LogP contribution is 2.36. The maximum atomic E-state index is 6.50. The zero-order valence-corrected chi connectivity index (χ0v) is 14.4. The van der Waals surface area contributed by atoms with Crippen molar-refractivity contribution in [2.45, 2.75) is 13.8 Å². The standard InChI is InChI=1S/C19H14ClN3O2/c1-11-18(12(2)23-10-22-11)14-4-3-13(9-16(14)20)25-19-15-6-8-24-17(15)5-7-21-19/h3-10H,1-2H3. The van der Waals surface area contributed by atoms with E-state index in [9.17, 15) is 0 Å². The first kappa shape index (κ1) is 15.6. The fourth-order valence-electron chi connectivity index (χ4n) is 2.81. The fraction of sp³-hybridized carbons (Fsp3) is 0.105. The molecule has 5 nitrogen and oxygen atoms in total. The highest BCUT2D eigenvalue weighted by Gasteiger charge is 2.13. The lowest BCUT2D eigenvalue weighted by atomic mass is 10.0. The number of rotatable bonds is 3. The highest BCUT2D eigenvalue weighted by molar-refractivity contribution is 6.33. The summed E-state index contributed by atoms with van der Waals surface area (Å²) in [7, 11) is 0. The highest BCUT2D eigenvalue weighted by atomic mass is 35.5. The summed E-state index contributed by atoms with van der Waals surface area (Å²) < 4.78 is 11.3. The maximum Gasteiger partial charge on any atom is 0.230 e. The molecular weight excluding hydrogens is 338 g/mol. The summed E-state index contributed by atoms with van der Waals surface area (Å²) in [6, 6.07) is 9.14. The average molecular weight is 352 g/mol. The largest absolute Gasteiger partial charge is 0.464 e. The first-order valence-corrected chi connectivity index (χ1v) is 8.09. The lowest BCUT2D eigenvalue weighted by molar-refractivity contribution is 0.469. The van der Waals surface area contributed by atoms with E-state index in [0.29, 0.717) is 16.7 Å². The van der Waals surface area contributed by atoms with Crippen LogP contribution in [0.2, 0.25) is 5.02 Å². The number of aryl methyl sites for hydroxylation is 2. The third-order valence-corrected chi connectivity index (χ3v) is 4.31. The topological polar surface area (TPSA) is 61.0 Å². The second kappa shape index (κ2) is 6.18. The van der Waals surface area contributed by atoms with Gasteiger partial charge in [-0.25, -0.2) is 15.0 Å². The molecule has 0 bridgehead atoms. The number of benzene rings is 1. The Morgan fingerprint density at radius 3 is 2.56 bits per heavy atom. The molecule has 4 aromatic rings. The van der Waals surface area contributed by atoms with Crippen molar-refractivity contribution in [2.24, 2.45) is 0 Å². The van der Waals surface area contributed by atoms with Gasteiger partial charge < -0.3 is 9.15 Å². The van der Waals surface area contributed by atoms with Crippen molar-refractivity contribution in [1.29, 1.82) is 0 Å². The number of aromatic nitrogens is 3. The van der Waals surface area contributed by atoms with Gasteiger partial charge in [0.25, 0.3) is 0 Å². The van der Waals surface area contributed by atoms with E-state index in [1.54, 1.807) is 30.9 Å². The van der Waals surface area contributed by atoms with Crippen molar-refractivity contribution in [1.82, 2.24) is 15.0 Å². The van der Waals surface area contributed by atoms with Gasteiger partial charge in [-0.3, -0.25) is 0 Å². The van der Waals surface area contributed by atoms with Gasteiger partial charge in [-0.15, -0.1) is 0 Å². The van der Waals surface area contributed by atoms with Gasteiger partial charge in [0.15, 0.2) is 0 Å². The Hall–Kier alpha value is -2.92. The van der Waals surface area contributed by atoms with Crippen LogP contribution >= 0.6 is 11.6 Å². The molecule has 0 saturated heterocycles. The monoisotopic (exact) mass is 351 g/mol. The van der Waals surface area contributed by atoms with Crippen LogP contribution in [0.25, 0.3) is 22.1 Å². The Kier molecular flexibility index (Phi) is 3.86. The van der Waals surface area contributed by atoms with Gasteiger partial charge in [0, 0.05) is 34.8 Å². The summed E-state index contributed by atoms with van der Waals surface area (Å²) in [5.41, 5.74) is 4.30. The third kappa shape index (κ3) is 2.83. The number of hydrogen-bond donors (Lipinski definition) is 0. The predicted octanol–water partition coefficient (Wildman–Crippen LogP) is 5.35. The first-order valence-electron chi connectivity index (χ1n) is 7.71. The molecule has 0 aliphatic heterocycles. The number of fused-ring (bicyclic) bond motifs is 1. The number of furan rings is 1. The lowest BCUT2D eigenvalue weighted by Crippen LogP contribution is -1.95. The van der Waals surface area contributed by atoms with Gasteiger partial charge in [0.1, 0.15) is 17.7 Å². The van der Waals surface area contributed by atoms with E-state index in [1.165, 1.54) is 0 Å². The molecule has 0 aliphatic carbocycles. The minimum Gasteiger partial charge on any atom is -0.464 e. The molecule has 0 atom stereocenters. The first-order chi connectivity index (χ1) is 12.1. The summed E-state index contributed by atoms with van der Waals surface area (Å²) in [6.07, 6.45) is 4.80. The molecule has 0 unspecified atom stereocenters. The number of halogens is 1. The van der Waals surface area contributed by atoms with Crippen molar-refractivity contribution >= 4 is 22.6 Å². The van der Waals surface area contributed by atoms with Crippen LogP contribution in [0.5, 0.6) is 11.6 Å². The van der Waals surface area contributed by atoms with Gasteiger partial charge >= 0.3 is 0 Å². The fourth-order valence-corrected chi connectivity index (χ4v) is 3.07. The Morgan fingerprint density at radius 1 is 1.00 bits per heavy atom. The summed E-state index contributed by atoms with van der Waals surface area (Å²) in [6.45, 7) is 3.88. The van der Waals surface area contributed by atoms with E-state index in [-0.39, 0.29) is 0 Å². The molecule has 0 aliphatic rings. The van der Waals surface area contributed by atoms with Gasteiger partial charge in [-0.1, -0.05) is 11.6 Å². The molecular formula is C19H14ClN3O2. The molecule has 0 saturated carbocycles. The number of nitrogens with zero attached hydrogens (tertiary/aromatic N) is 3. The molecule has 1 aromatic carbocycles. The summed E-state index contributed by atoms with van der Waals surface area (Å²) >= 11 is 6.50. The smallest absolute Gasteiger partial charge is 0.230 e. The van der Waals surface area contributed by atoms with Crippen molar-refractivity contribution in [2.75, 3.05) is 0 Å². The van der Waals surface area contributed by atoms with Gasteiger partial charge in [-0.05, 0) is 38.1 Å². The minimum atomic E-state index is 0.477. The quantitative estimate of drug-likeness (QED) is 0.498. The normalized spacial score (nSPS) is 11.0.